The van der Waals surface area contributed by atoms with Crippen LogP contribution in [0.1, 0.15) is 17.7 Å². The van der Waals surface area contributed by atoms with E-state index in [0.717, 1.165) is 18.6 Å². The molecule has 112 valence electrons. The molecule has 0 spiro atoms. The van der Waals surface area contributed by atoms with Crippen LogP contribution in [0.25, 0.3) is 0 Å². The zero-order valence-electron chi connectivity index (χ0n) is 11.9. The first-order valence-electron chi connectivity index (χ1n) is 7.04. The van der Waals surface area contributed by atoms with Crippen LogP contribution in [-0.4, -0.2) is 15.1 Å². The molecule has 2 heterocycles. The fourth-order valence-electron chi connectivity index (χ4n) is 2.25. The fraction of sp³-hybridized carbons (Fsp3) is 0.176. The lowest BCUT2D eigenvalue weighted by Crippen LogP contribution is -2.27. The van der Waals surface area contributed by atoms with Crippen molar-refractivity contribution in [3.05, 3.63) is 71.0 Å². The van der Waals surface area contributed by atoms with Crippen LogP contribution in [0.2, 0.25) is 0 Å². The Hall–Kier alpha value is -1.85. The molecule has 3 rings (SSSR count). The van der Waals surface area contributed by atoms with Crippen molar-refractivity contribution in [2.24, 2.45) is 0 Å². The quantitative estimate of drug-likeness (QED) is 0.609. The molecular weight excluding hydrogens is 314 g/mol. The average Bonchev–Trinajstić information content (AvgIpc) is 3.13. The number of rotatable bonds is 5. The van der Waals surface area contributed by atoms with Gasteiger partial charge in [-0.3, -0.25) is 9.69 Å². The van der Waals surface area contributed by atoms with Gasteiger partial charge in [0.2, 0.25) is 0 Å². The van der Waals surface area contributed by atoms with Crippen molar-refractivity contribution in [3.63, 3.8) is 0 Å². The maximum atomic E-state index is 12.4. The zero-order chi connectivity index (χ0) is 15.4. The number of amides is 1. The lowest BCUT2D eigenvalue weighted by molar-refractivity contribution is -0.122. The van der Waals surface area contributed by atoms with Gasteiger partial charge in [-0.2, -0.15) is 0 Å². The first kappa shape index (κ1) is 15.1. The Labute approximate surface area is 139 Å². The lowest BCUT2D eigenvalue weighted by atomic mass is 10.1. The SMILES string of the molecule is O=C1/C(=C/CCc2ccccc2)SC(=S)N1Cc1ccco1. The van der Waals surface area contributed by atoms with Crippen LogP contribution in [0.5, 0.6) is 0 Å². The Morgan fingerprint density at radius 2 is 2.00 bits per heavy atom. The smallest absolute Gasteiger partial charge is 0.266 e. The molecule has 1 aliphatic rings. The van der Waals surface area contributed by atoms with Crippen molar-refractivity contribution in [2.45, 2.75) is 19.4 Å². The van der Waals surface area contributed by atoms with Crippen molar-refractivity contribution >= 4 is 34.2 Å². The second-order valence-corrected chi connectivity index (χ2v) is 6.61. The van der Waals surface area contributed by atoms with Crippen LogP contribution in [0.15, 0.2) is 64.1 Å². The molecule has 0 unspecified atom stereocenters. The maximum Gasteiger partial charge on any atom is 0.266 e. The summed E-state index contributed by atoms with van der Waals surface area (Å²) in [5, 5.41) is 0. The third-order valence-corrected chi connectivity index (χ3v) is 4.80. The minimum absolute atomic E-state index is 0.0283. The van der Waals surface area contributed by atoms with Gasteiger partial charge in [-0.25, -0.2) is 0 Å². The molecule has 0 aliphatic carbocycles. The van der Waals surface area contributed by atoms with Crippen LogP contribution < -0.4 is 0 Å². The van der Waals surface area contributed by atoms with Crippen molar-refractivity contribution in [1.29, 1.82) is 0 Å². The first-order valence-corrected chi connectivity index (χ1v) is 8.26. The minimum atomic E-state index is -0.0283. The summed E-state index contributed by atoms with van der Waals surface area (Å²) in [5.41, 5.74) is 1.27. The van der Waals surface area contributed by atoms with Gasteiger partial charge in [0.1, 0.15) is 10.1 Å². The third-order valence-electron chi connectivity index (χ3n) is 3.37. The molecule has 0 saturated carbocycles. The molecule has 0 bridgehead atoms. The van der Waals surface area contributed by atoms with Gasteiger partial charge in [0.15, 0.2) is 0 Å². The second kappa shape index (κ2) is 6.94. The Balaban J connectivity index is 1.62. The van der Waals surface area contributed by atoms with E-state index in [1.165, 1.54) is 17.3 Å². The third kappa shape index (κ3) is 3.48. The van der Waals surface area contributed by atoms with Crippen LogP contribution in [-0.2, 0) is 17.8 Å². The number of hydrogen-bond donors (Lipinski definition) is 0. The van der Waals surface area contributed by atoms with E-state index in [2.05, 4.69) is 12.1 Å². The van der Waals surface area contributed by atoms with Crippen molar-refractivity contribution in [2.75, 3.05) is 0 Å². The molecule has 1 aliphatic heterocycles. The predicted molar refractivity (Wildman–Crippen MR) is 92.3 cm³/mol. The van der Waals surface area contributed by atoms with Gasteiger partial charge in [0.25, 0.3) is 5.91 Å². The Kier molecular flexibility index (Phi) is 4.75. The minimum Gasteiger partial charge on any atom is -0.467 e. The summed E-state index contributed by atoms with van der Waals surface area (Å²) in [6, 6.07) is 13.9. The van der Waals surface area contributed by atoms with Gasteiger partial charge in [-0.1, -0.05) is 60.4 Å². The van der Waals surface area contributed by atoms with E-state index in [-0.39, 0.29) is 5.91 Å². The summed E-state index contributed by atoms with van der Waals surface area (Å²) in [4.78, 5) is 14.7. The molecule has 3 nitrogen and oxygen atoms in total. The summed E-state index contributed by atoms with van der Waals surface area (Å²) in [6.07, 6.45) is 5.33. The Bertz CT molecular complexity index is 693. The van der Waals surface area contributed by atoms with Crippen molar-refractivity contribution in [1.82, 2.24) is 4.90 Å². The number of hydrogen-bond acceptors (Lipinski definition) is 4. The number of carbonyl (C=O) groups is 1. The highest BCUT2D eigenvalue weighted by molar-refractivity contribution is 8.26. The molecule has 0 N–H and O–H groups in total. The van der Waals surface area contributed by atoms with Crippen LogP contribution >= 0.6 is 24.0 Å². The van der Waals surface area contributed by atoms with Crippen LogP contribution in [0.3, 0.4) is 0 Å². The van der Waals surface area contributed by atoms with Gasteiger partial charge in [0, 0.05) is 0 Å². The highest BCUT2D eigenvalue weighted by Crippen LogP contribution is 2.32. The Morgan fingerprint density at radius 3 is 2.73 bits per heavy atom. The van der Waals surface area contributed by atoms with Crippen LogP contribution in [0, 0.1) is 0 Å². The molecule has 1 saturated heterocycles. The Morgan fingerprint density at radius 1 is 1.18 bits per heavy atom. The van der Waals surface area contributed by atoms with E-state index in [9.17, 15) is 4.79 Å². The number of thioether (sulfide) groups is 1. The molecule has 5 heteroatoms. The molecule has 2 aromatic rings. The number of aryl methyl sites for hydroxylation is 1. The number of carbonyl (C=O) groups excluding carboxylic acids is 1. The molecule has 1 aromatic heterocycles. The molecule has 0 atom stereocenters. The standard InChI is InChI=1S/C17H15NO2S2/c19-16-15(10-4-8-13-6-2-1-3-7-13)22-17(21)18(16)12-14-9-5-11-20-14/h1-3,5-7,9-11H,4,8,12H2/b15-10-. The normalized spacial score (nSPS) is 16.7. The summed E-state index contributed by atoms with van der Waals surface area (Å²) in [6.45, 7) is 0.397. The number of allylic oxidation sites excluding steroid dienone is 1. The van der Waals surface area contributed by atoms with Gasteiger partial charge in [0.05, 0.1) is 17.7 Å². The highest BCUT2D eigenvalue weighted by Gasteiger charge is 2.32. The average molecular weight is 329 g/mol. The van der Waals surface area contributed by atoms with Gasteiger partial charge < -0.3 is 4.42 Å². The van der Waals surface area contributed by atoms with Crippen molar-refractivity contribution in [3.8, 4) is 0 Å². The summed E-state index contributed by atoms with van der Waals surface area (Å²) in [7, 11) is 0. The number of furan rings is 1. The van der Waals surface area contributed by atoms with Gasteiger partial charge >= 0.3 is 0 Å². The molecule has 1 amide bonds. The van der Waals surface area contributed by atoms with E-state index < -0.39 is 0 Å². The predicted octanol–water partition coefficient (Wildman–Crippen LogP) is 4.16. The van der Waals surface area contributed by atoms with E-state index in [0.29, 0.717) is 15.8 Å². The van der Waals surface area contributed by atoms with E-state index in [4.69, 9.17) is 16.6 Å². The highest BCUT2D eigenvalue weighted by atomic mass is 32.2. The van der Waals surface area contributed by atoms with Gasteiger partial charge in [-0.05, 0) is 30.5 Å². The molecule has 0 radical (unpaired) electrons. The molecule has 1 fully saturated rings. The molecular formula is C17H15NO2S2. The van der Waals surface area contributed by atoms with E-state index in [1.54, 1.807) is 11.2 Å². The lowest BCUT2D eigenvalue weighted by Gasteiger charge is -2.11. The topological polar surface area (TPSA) is 33.5 Å². The molecule has 1 aromatic carbocycles. The summed E-state index contributed by atoms with van der Waals surface area (Å²) in [5.74, 6) is 0.710. The van der Waals surface area contributed by atoms with Crippen molar-refractivity contribution < 1.29 is 9.21 Å². The molecule has 22 heavy (non-hydrogen) atoms. The summed E-state index contributed by atoms with van der Waals surface area (Å²) < 4.78 is 5.87. The van der Waals surface area contributed by atoms with Gasteiger partial charge in [-0.15, -0.1) is 0 Å². The maximum absolute atomic E-state index is 12.4. The van der Waals surface area contributed by atoms with E-state index in [1.807, 2.05) is 36.4 Å². The summed E-state index contributed by atoms with van der Waals surface area (Å²) >= 11 is 6.66. The number of benzene rings is 1. The number of thiocarbonyl (C=S) groups is 1. The zero-order valence-corrected chi connectivity index (χ0v) is 13.5. The second-order valence-electron chi connectivity index (χ2n) is 4.93. The first-order chi connectivity index (χ1) is 10.7. The fourth-order valence-corrected chi connectivity index (χ4v) is 3.51. The monoisotopic (exact) mass is 329 g/mol. The largest absolute Gasteiger partial charge is 0.467 e. The van der Waals surface area contributed by atoms with E-state index >= 15 is 0 Å². The van der Waals surface area contributed by atoms with Crippen LogP contribution in [0.4, 0.5) is 0 Å². The number of nitrogens with zero attached hydrogens (tertiary/aromatic N) is 1.